The molecule has 4 nitrogen and oxygen atoms in total. The van der Waals surface area contributed by atoms with Gasteiger partial charge in [0.2, 0.25) is 0 Å². The number of thiophene rings is 1. The van der Waals surface area contributed by atoms with Gasteiger partial charge in [-0.1, -0.05) is 17.3 Å². The molecule has 0 aliphatic heterocycles. The molecule has 0 fully saturated rings. The molecule has 0 aliphatic carbocycles. The lowest BCUT2D eigenvalue weighted by molar-refractivity contribution is 0.328. The molecular formula is C13H12N2O2S. The van der Waals surface area contributed by atoms with Gasteiger partial charge in [0.1, 0.15) is 22.8 Å². The molecule has 0 aliphatic rings. The summed E-state index contributed by atoms with van der Waals surface area (Å²) >= 11 is 1.62. The molecule has 2 N–H and O–H groups in total. The first-order valence-corrected chi connectivity index (χ1v) is 6.52. The highest BCUT2D eigenvalue weighted by molar-refractivity contribution is 7.17. The van der Waals surface area contributed by atoms with E-state index in [1.807, 2.05) is 35.7 Å². The van der Waals surface area contributed by atoms with Crippen molar-refractivity contribution < 1.29 is 9.26 Å². The summed E-state index contributed by atoms with van der Waals surface area (Å²) in [7, 11) is 0. The van der Waals surface area contributed by atoms with Crippen LogP contribution in [0.1, 0.15) is 0 Å². The number of nitrogens with zero attached hydrogens (tertiary/aromatic N) is 1. The van der Waals surface area contributed by atoms with Crippen LogP contribution in [0.3, 0.4) is 0 Å². The van der Waals surface area contributed by atoms with E-state index in [0.29, 0.717) is 13.2 Å². The molecule has 0 saturated heterocycles. The van der Waals surface area contributed by atoms with Crippen molar-refractivity contribution in [2.75, 3.05) is 13.2 Å². The quantitative estimate of drug-likeness (QED) is 0.783. The van der Waals surface area contributed by atoms with E-state index in [2.05, 4.69) is 5.16 Å². The van der Waals surface area contributed by atoms with Crippen molar-refractivity contribution >= 4 is 21.6 Å². The zero-order valence-corrected chi connectivity index (χ0v) is 10.4. The third-order valence-corrected chi connectivity index (χ3v) is 3.48. The Bertz CT molecular complexity index is 660. The van der Waals surface area contributed by atoms with E-state index in [-0.39, 0.29) is 0 Å². The molecule has 2 heterocycles. The lowest BCUT2D eigenvalue weighted by Gasteiger charge is -2.05. The smallest absolute Gasteiger partial charge is 0.178 e. The maximum atomic E-state index is 5.51. The molecule has 5 heteroatoms. The van der Waals surface area contributed by atoms with Gasteiger partial charge in [0.05, 0.1) is 0 Å². The van der Waals surface area contributed by atoms with Gasteiger partial charge in [-0.05, 0) is 23.6 Å². The normalized spacial score (nSPS) is 10.9. The van der Waals surface area contributed by atoms with Crippen molar-refractivity contribution in [2.45, 2.75) is 0 Å². The van der Waals surface area contributed by atoms with Gasteiger partial charge in [0.25, 0.3) is 0 Å². The zero-order valence-electron chi connectivity index (χ0n) is 9.63. The molecular weight excluding hydrogens is 248 g/mol. The average Bonchev–Trinajstić information content (AvgIpc) is 2.99. The first kappa shape index (κ1) is 11.3. The Balaban J connectivity index is 1.99. The number of rotatable bonds is 4. The Morgan fingerprint density at radius 1 is 1.33 bits per heavy atom. The number of fused-ring (bicyclic) bond motifs is 1. The summed E-state index contributed by atoms with van der Waals surface area (Å²) in [5, 5.41) is 6.10. The summed E-state index contributed by atoms with van der Waals surface area (Å²) < 4.78 is 11.8. The minimum atomic E-state index is 0.503. The highest BCUT2D eigenvalue weighted by Crippen LogP contribution is 2.33. The van der Waals surface area contributed by atoms with Gasteiger partial charge in [-0.25, -0.2) is 0 Å². The van der Waals surface area contributed by atoms with Crippen LogP contribution in [0.5, 0.6) is 5.75 Å². The number of hydrogen-bond donors (Lipinski definition) is 1. The van der Waals surface area contributed by atoms with Crippen molar-refractivity contribution in [3.05, 3.63) is 35.7 Å². The Morgan fingerprint density at radius 2 is 2.28 bits per heavy atom. The fourth-order valence-corrected chi connectivity index (χ4v) is 2.59. The van der Waals surface area contributed by atoms with E-state index in [9.17, 15) is 0 Å². The minimum Gasteiger partial charge on any atom is -0.492 e. The predicted octanol–water partition coefficient (Wildman–Crippen LogP) is 2.89. The van der Waals surface area contributed by atoms with Crippen molar-refractivity contribution in [1.29, 1.82) is 0 Å². The van der Waals surface area contributed by atoms with Gasteiger partial charge in [-0.15, -0.1) is 11.3 Å². The van der Waals surface area contributed by atoms with Crippen LogP contribution in [0.25, 0.3) is 21.5 Å². The van der Waals surface area contributed by atoms with Gasteiger partial charge in [0, 0.05) is 12.1 Å². The molecule has 3 aromatic rings. The van der Waals surface area contributed by atoms with E-state index in [4.69, 9.17) is 15.0 Å². The molecule has 0 bridgehead atoms. The van der Waals surface area contributed by atoms with Crippen LogP contribution in [0, 0.1) is 0 Å². The van der Waals surface area contributed by atoms with Crippen LogP contribution in [0.2, 0.25) is 0 Å². The second-order valence-corrected chi connectivity index (χ2v) is 4.73. The zero-order chi connectivity index (χ0) is 12.4. The summed E-state index contributed by atoms with van der Waals surface area (Å²) in [6.45, 7) is 1.01. The van der Waals surface area contributed by atoms with Crippen LogP contribution < -0.4 is 10.5 Å². The van der Waals surface area contributed by atoms with Crippen molar-refractivity contribution in [3.63, 3.8) is 0 Å². The summed E-state index contributed by atoms with van der Waals surface area (Å²) in [6, 6.07) is 9.71. The molecule has 3 rings (SSSR count). The molecule has 0 atom stereocenters. The van der Waals surface area contributed by atoms with E-state index in [1.54, 1.807) is 11.3 Å². The Labute approximate surface area is 108 Å². The number of ether oxygens (including phenoxy) is 1. The third kappa shape index (κ3) is 1.98. The SMILES string of the molecule is NCCOc1cccc(-c2noc3ccsc23)c1. The van der Waals surface area contributed by atoms with E-state index < -0.39 is 0 Å². The van der Waals surface area contributed by atoms with Crippen LogP contribution in [-0.2, 0) is 0 Å². The van der Waals surface area contributed by atoms with Crippen molar-refractivity contribution in [2.24, 2.45) is 5.73 Å². The lowest BCUT2D eigenvalue weighted by atomic mass is 10.1. The summed E-state index contributed by atoms with van der Waals surface area (Å²) in [4.78, 5) is 0. The van der Waals surface area contributed by atoms with Gasteiger partial charge in [0.15, 0.2) is 5.58 Å². The Hall–Kier alpha value is -1.85. The maximum Gasteiger partial charge on any atom is 0.178 e. The number of benzene rings is 1. The summed E-state index contributed by atoms with van der Waals surface area (Å²) in [5.41, 5.74) is 8.09. The molecule has 18 heavy (non-hydrogen) atoms. The van der Waals surface area contributed by atoms with Gasteiger partial charge >= 0.3 is 0 Å². The first-order valence-electron chi connectivity index (χ1n) is 5.64. The summed E-state index contributed by atoms with van der Waals surface area (Å²) in [6.07, 6.45) is 0. The number of aromatic nitrogens is 1. The van der Waals surface area contributed by atoms with Gasteiger partial charge < -0.3 is 15.0 Å². The van der Waals surface area contributed by atoms with Crippen LogP contribution in [0.15, 0.2) is 40.2 Å². The fourth-order valence-electron chi connectivity index (χ4n) is 1.77. The lowest BCUT2D eigenvalue weighted by Crippen LogP contribution is -2.10. The largest absolute Gasteiger partial charge is 0.492 e. The van der Waals surface area contributed by atoms with Crippen LogP contribution in [-0.4, -0.2) is 18.3 Å². The second kappa shape index (κ2) is 4.80. The standard InChI is InChI=1S/C13H12N2O2S/c14-5-6-16-10-3-1-2-9(8-10)12-13-11(17-15-12)4-7-18-13/h1-4,7-8H,5-6,14H2. The maximum absolute atomic E-state index is 5.51. The monoisotopic (exact) mass is 260 g/mol. The minimum absolute atomic E-state index is 0.503. The van der Waals surface area contributed by atoms with E-state index in [1.165, 1.54) is 0 Å². The Morgan fingerprint density at radius 3 is 3.17 bits per heavy atom. The third-order valence-electron chi connectivity index (χ3n) is 2.57. The molecule has 0 amide bonds. The molecule has 1 aromatic carbocycles. The predicted molar refractivity (Wildman–Crippen MR) is 71.9 cm³/mol. The van der Waals surface area contributed by atoms with E-state index >= 15 is 0 Å². The second-order valence-electron chi connectivity index (χ2n) is 3.81. The van der Waals surface area contributed by atoms with Gasteiger partial charge in [-0.2, -0.15) is 0 Å². The van der Waals surface area contributed by atoms with Gasteiger partial charge in [-0.3, -0.25) is 0 Å². The highest BCUT2D eigenvalue weighted by Gasteiger charge is 2.11. The topological polar surface area (TPSA) is 61.3 Å². The van der Waals surface area contributed by atoms with Crippen molar-refractivity contribution in [1.82, 2.24) is 5.16 Å². The van der Waals surface area contributed by atoms with Crippen molar-refractivity contribution in [3.8, 4) is 17.0 Å². The summed E-state index contributed by atoms with van der Waals surface area (Å²) in [5.74, 6) is 0.797. The highest BCUT2D eigenvalue weighted by atomic mass is 32.1. The fraction of sp³-hybridized carbons (Fsp3) is 0.154. The molecule has 92 valence electrons. The number of hydrogen-bond acceptors (Lipinski definition) is 5. The average molecular weight is 260 g/mol. The number of nitrogens with two attached hydrogens (primary N) is 1. The first-order chi connectivity index (χ1) is 8.88. The van der Waals surface area contributed by atoms with E-state index in [0.717, 1.165) is 27.3 Å². The molecule has 0 unspecified atom stereocenters. The molecule has 2 aromatic heterocycles. The molecule has 0 saturated carbocycles. The Kier molecular flexibility index (Phi) is 3.00. The van der Waals surface area contributed by atoms with Crippen LogP contribution >= 0.6 is 11.3 Å². The molecule has 0 spiro atoms. The molecule has 0 radical (unpaired) electrons. The van der Waals surface area contributed by atoms with Crippen LogP contribution in [0.4, 0.5) is 0 Å².